The van der Waals surface area contributed by atoms with E-state index in [9.17, 15) is 27.7 Å². The monoisotopic (exact) mass is 487 g/mol. The Labute approximate surface area is 194 Å². The third kappa shape index (κ3) is 5.13. The number of nitrogen functional groups attached to an aromatic ring is 1. The lowest BCUT2D eigenvalue weighted by Crippen LogP contribution is -2.08. The molecule has 178 valence electrons. The van der Waals surface area contributed by atoms with Crippen LogP contribution in [0.3, 0.4) is 0 Å². The minimum atomic E-state index is -4.57. The van der Waals surface area contributed by atoms with Gasteiger partial charge in [-0.25, -0.2) is 9.59 Å². The number of anilines is 1. The molecule has 0 aromatic heterocycles. The zero-order chi connectivity index (χ0) is 25.0. The van der Waals surface area contributed by atoms with Crippen LogP contribution in [0.15, 0.2) is 57.6 Å². The number of carbonyl (C=O) groups excluding carboxylic acids is 2. The highest BCUT2D eigenvalue weighted by Gasteiger charge is 2.19. The number of hydrogen-bond donors (Lipinski definition) is 3. The summed E-state index contributed by atoms with van der Waals surface area (Å²) in [6, 6.07) is 8.86. The van der Waals surface area contributed by atoms with Crippen LogP contribution in [0.4, 0.5) is 17.1 Å². The number of azo groups is 1. The van der Waals surface area contributed by atoms with E-state index in [0.29, 0.717) is 0 Å². The number of ether oxygens (including phenoxy) is 2. The number of fused-ring (bicyclic) bond motifs is 1. The van der Waals surface area contributed by atoms with Gasteiger partial charge in [-0.2, -0.15) is 8.42 Å². The topological polar surface area (TPSA) is 178 Å². The zero-order valence-corrected chi connectivity index (χ0v) is 19.0. The van der Waals surface area contributed by atoms with Crippen molar-refractivity contribution in [1.82, 2.24) is 0 Å². The van der Waals surface area contributed by atoms with Crippen molar-refractivity contribution in [2.75, 3.05) is 18.9 Å². The molecule has 11 nitrogen and oxygen atoms in total. The van der Waals surface area contributed by atoms with Gasteiger partial charge in [-0.15, -0.1) is 10.2 Å². The van der Waals surface area contributed by atoms with Crippen LogP contribution in [0.1, 0.15) is 34.6 Å². The van der Waals surface area contributed by atoms with E-state index < -0.39 is 32.7 Å². The van der Waals surface area contributed by atoms with Gasteiger partial charge in [0.15, 0.2) is 0 Å². The van der Waals surface area contributed by atoms with Gasteiger partial charge in [-0.05, 0) is 49.6 Å². The van der Waals surface area contributed by atoms with E-state index in [4.69, 9.17) is 15.2 Å². The normalized spacial score (nSPS) is 11.6. The standard InChI is InChI=1S/C22H21N3O8S/c1-3-32-21(27)13-5-7-15(22(28)33-4-2)17(10-13)24-25-20-16(23)8-6-12-9-14(34(29,30)31)11-18(26)19(12)20/h5-11,26H,3-4,23H2,1-2H3,(H,29,30,31). The van der Waals surface area contributed by atoms with Crippen molar-refractivity contribution >= 4 is 49.9 Å². The van der Waals surface area contributed by atoms with Gasteiger partial charge in [0.05, 0.1) is 40.3 Å². The molecule has 0 spiro atoms. The fraction of sp³-hybridized carbons (Fsp3) is 0.182. The van der Waals surface area contributed by atoms with Crippen molar-refractivity contribution < 1.29 is 37.1 Å². The number of nitrogens with two attached hydrogens (primary N) is 1. The van der Waals surface area contributed by atoms with Crippen LogP contribution in [-0.2, 0) is 19.6 Å². The van der Waals surface area contributed by atoms with Crippen LogP contribution in [0, 0.1) is 0 Å². The van der Waals surface area contributed by atoms with Crippen LogP contribution < -0.4 is 5.73 Å². The number of hydrogen-bond acceptors (Lipinski definition) is 10. The predicted molar refractivity (Wildman–Crippen MR) is 122 cm³/mol. The Balaban J connectivity index is 2.18. The highest BCUT2D eigenvalue weighted by Crippen LogP contribution is 2.40. The summed E-state index contributed by atoms with van der Waals surface area (Å²) in [4.78, 5) is 24.0. The summed E-state index contributed by atoms with van der Waals surface area (Å²) in [5, 5.41) is 18.9. The Hall–Kier alpha value is -4.03. The SMILES string of the molecule is CCOC(=O)c1ccc(C(=O)OCC)c(N=Nc2c(N)ccc3cc(S(=O)(=O)O)cc(O)c23)c1. The van der Waals surface area contributed by atoms with E-state index in [1.165, 1.54) is 30.3 Å². The summed E-state index contributed by atoms with van der Waals surface area (Å²) in [7, 11) is -4.57. The molecule has 3 aromatic rings. The van der Waals surface area contributed by atoms with Crippen molar-refractivity contribution in [3.8, 4) is 5.75 Å². The molecule has 0 saturated carbocycles. The molecule has 0 atom stereocenters. The molecular weight excluding hydrogens is 466 g/mol. The van der Waals surface area contributed by atoms with E-state index in [1.54, 1.807) is 13.8 Å². The first-order chi connectivity index (χ1) is 16.1. The second-order valence-electron chi connectivity index (χ2n) is 6.89. The number of nitrogens with zero attached hydrogens (tertiary/aromatic N) is 2. The first kappa shape index (κ1) is 24.6. The number of aromatic hydroxyl groups is 1. The van der Waals surface area contributed by atoms with Crippen LogP contribution >= 0.6 is 0 Å². The molecule has 0 unspecified atom stereocenters. The van der Waals surface area contributed by atoms with Gasteiger partial charge in [0.25, 0.3) is 10.1 Å². The molecule has 0 aliphatic carbocycles. The van der Waals surface area contributed by atoms with Crippen molar-refractivity contribution in [3.05, 3.63) is 53.6 Å². The van der Waals surface area contributed by atoms with Crippen molar-refractivity contribution in [2.45, 2.75) is 18.7 Å². The van der Waals surface area contributed by atoms with Crippen molar-refractivity contribution in [3.63, 3.8) is 0 Å². The average Bonchev–Trinajstić information content (AvgIpc) is 2.78. The minimum absolute atomic E-state index is 0.0190. The quantitative estimate of drug-likeness (QED) is 0.191. The maximum atomic E-state index is 12.4. The molecule has 34 heavy (non-hydrogen) atoms. The summed E-state index contributed by atoms with van der Waals surface area (Å²) in [6.45, 7) is 3.53. The molecule has 12 heteroatoms. The number of rotatable bonds is 7. The number of phenols is 1. The van der Waals surface area contributed by atoms with Crippen LogP contribution in [0.2, 0.25) is 0 Å². The van der Waals surface area contributed by atoms with Crippen molar-refractivity contribution in [2.24, 2.45) is 10.2 Å². The lowest BCUT2D eigenvalue weighted by molar-refractivity contribution is 0.0512. The van der Waals surface area contributed by atoms with E-state index in [2.05, 4.69) is 10.2 Å². The summed E-state index contributed by atoms with van der Waals surface area (Å²) in [6.07, 6.45) is 0. The molecule has 0 fully saturated rings. The smallest absolute Gasteiger partial charge is 0.340 e. The largest absolute Gasteiger partial charge is 0.507 e. The van der Waals surface area contributed by atoms with Gasteiger partial charge in [-0.3, -0.25) is 4.55 Å². The zero-order valence-electron chi connectivity index (χ0n) is 18.2. The minimum Gasteiger partial charge on any atom is -0.507 e. The van der Waals surface area contributed by atoms with Crippen LogP contribution in [0.25, 0.3) is 10.8 Å². The van der Waals surface area contributed by atoms with Gasteiger partial charge in [-0.1, -0.05) is 6.07 Å². The summed E-state index contributed by atoms with van der Waals surface area (Å²) >= 11 is 0. The maximum absolute atomic E-state index is 12.4. The molecule has 0 radical (unpaired) electrons. The van der Waals surface area contributed by atoms with E-state index in [0.717, 1.165) is 12.1 Å². The highest BCUT2D eigenvalue weighted by molar-refractivity contribution is 7.85. The number of phenolic OH excluding ortho intramolecular Hbond substituents is 1. The van der Waals surface area contributed by atoms with Gasteiger partial charge < -0.3 is 20.3 Å². The van der Waals surface area contributed by atoms with E-state index in [-0.39, 0.29) is 52.2 Å². The Morgan fingerprint density at radius 3 is 2.29 bits per heavy atom. The Kier molecular flexibility index (Phi) is 7.13. The van der Waals surface area contributed by atoms with Crippen LogP contribution in [0.5, 0.6) is 5.75 Å². The maximum Gasteiger partial charge on any atom is 0.340 e. The Bertz CT molecular complexity index is 1420. The van der Waals surface area contributed by atoms with Crippen molar-refractivity contribution in [1.29, 1.82) is 0 Å². The number of esters is 2. The Morgan fingerprint density at radius 2 is 1.65 bits per heavy atom. The fourth-order valence-corrected chi connectivity index (χ4v) is 3.65. The molecular formula is C22H21N3O8S. The predicted octanol–water partition coefficient (Wildman–Crippen LogP) is 4.14. The number of carbonyl (C=O) groups is 2. The lowest BCUT2D eigenvalue weighted by atomic mass is 10.1. The third-order valence-corrected chi connectivity index (χ3v) is 5.47. The van der Waals surface area contributed by atoms with Gasteiger partial charge in [0, 0.05) is 6.07 Å². The average molecular weight is 487 g/mol. The summed E-state index contributed by atoms with van der Waals surface area (Å²) < 4.78 is 42.2. The second kappa shape index (κ2) is 9.85. The molecule has 0 heterocycles. The molecule has 3 aromatic carbocycles. The Morgan fingerprint density at radius 1 is 0.971 bits per heavy atom. The second-order valence-corrected chi connectivity index (χ2v) is 8.31. The van der Waals surface area contributed by atoms with Gasteiger partial charge in [0.1, 0.15) is 17.1 Å². The van der Waals surface area contributed by atoms with E-state index in [1.807, 2.05) is 0 Å². The molecule has 0 bridgehead atoms. The van der Waals surface area contributed by atoms with E-state index >= 15 is 0 Å². The van der Waals surface area contributed by atoms with Gasteiger partial charge in [0.2, 0.25) is 0 Å². The molecule has 3 rings (SSSR count). The highest BCUT2D eigenvalue weighted by atomic mass is 32.2. The first-order valence-electron chi connectivity index (χ1n) is 9.99. The third-order valence-electron chi connectivity index (χ3n) is 4.63. The van der Waals surface area contributed by atoms with Crippen LogP contribution in [-0.4, -0.2) is 43.2 Å². The first-order valence-corrected chi connectivity index (χ1v) is 11.4. The lowest BCUT2D eigenvalue weighted by Gasteiger charge is -2.10. The molecule has 0 amide bonds. The summed E-state index contributed by atoms with van der Waals surface area (Å²) in [5.41, 5.74) is 6.20. The fourth-order valence-electron chi connectivity index (χ4n) is 3.11. The number of benzene rings is 3. The molecule has 0 aliphatic rings. The summed E-state index contributed by atoms with van der Waals surface area (Å²) in [5.74, 6) is -1.84. The van der Waals surface area contributed by atoms with Gasteiger partial charge >= 0.3 is 11.9 Å². The molecule has 0 aliphatic heterocycles. The molecule has 0 saturated heterocycles. The molecule has 4 N–H and O–H groups in total.